The van der Waals surface area contributed by atoms with Gasteiger partial charge in [-0.1, -0.05) is 39.7 Å². The van der Waals surface area contributed by atoms with Crippen LogP contribution in [-0.4, -0.2) is 23.8 Å². The molecule has 0 spiro atoms. The maximum absolute atomic E-state index is 5.98. The molecule has 1 aromatic carbocycles. The first-order valence-corrected chi connectivity index (χ1v) is 6.63. The number of benzene rings is 1. The van der Waals surface area contributed by atoms with Gasteiger partial charge in [-0.2, -0.15) is 0 Å². The van der Waals surface area contributed by atoms with Crippen LogP contribution in [0.2, 0.25) is 5.02 Å². The van der Waals surface area contributed by atoms with Gasteiger partial charge in [0.25, 0.3) is 0 Å². The standard InChI is InChI=1S/C12H17BrClN/c1-10-8-11(4-5-12(10)14)9-15(2)7-3-6-13/h4-5,8H,3,6-7,9H2,1-2H3. The Bertz CT molecular complexity index is 314. The molecule has 1 rings (SSSR count). The van der Waals surface area contributed by atoms with Crippen molar-refractivity contribution in [1.29, 1.82) is 0 Å². The Labute approximate surface area is 106 Å². The Kier molecular flexibility index (Phi) is 5.65. The molecule has 15 heavy (non-hydrogen) atoms. The minimum Gasteiger partial charge on any atom is -0.302 e. The second-order valence-corrected chi connectivity index (χ2v) is 5.06. The average molecular weight is 291 g/mol. The molecule has 1 nitrogen and oxygen atoms in total. The summed E-state index contributed by atoms with van der Waals surface area (Å²) in [6.45, 7) is 4.16. The number of hydrogen-bond acceptors (Lipinski definition) is 1. The lowest BCUT2D eigenvalue weighted by molar-refractivity contribution is 0.329. The third kappa shape index (κ3) is 4.54. The first-order chi connectivity index (χ1) is 7.13. The van der Waals surface area contributed by atoms with E-state index in [0.29, 0.717) is 0 Å². The zero-order valence-electron chi connectivity index (χ0n) is 9.26. The molecule has 0 aliphatic heterocycles. The zero-order chi connectivity index (χ0) is 11.3. The van der Waals surface area contributed by atoms with Gasteiger partial charge in [0.1, 0.15) is 0 Å². The van der Waals surface area contributed by atoms with Crippen molar-refractivity contribution in [1.82, 2.24) is 4.90 Å². The predicted octanol–water partition coefficient (Wildman–Crippen LogP) is 3.87. The first-order valence-electron chi connectivity index (χ1n) is 5.13. The molecule has 0 aliphatic rings. The maximum atomic E-state index is 5.98. The normalized spacial score (nSPS) is 11.0. The molecule has 0 aliphatic carbocycles. The SMILES string of the molecule is Cc1cc(CN(C)CCCBr)ccc1Cl. The molecule has 0 saturated heterocycles. The Balaban J connectivity index is 2.53. The lowest BCUT2D eigenvalue weighted by atomic mass is 10.1. The van der Waals surface area contributed by atoms with Crippen LogP contribution in [0.4, 0.5) is 0 Å². The Morgan fingerprint density at radius 3 is 2.73 bits per heavy atom. The quantitative estimate of drug-likeness (QED) is 0.744. The van der Waals surface area contributed by atoms with E-state index >= 15 is 0 Å². The molecule has 84 valence electrons. The number of nitrogens with zero attached hydrogens (tertiary/aromatic N) is 1. The van der Waals surface area contributed by atoms with Gasteiger partial charge < -0.3 is 4.90 Å². The number of rotatable bonds is 5. The Hall–Kier alpha value is -0.0500. The molecular weight excluding hydrogens is 273 g/mol. The number of aryl methyl sites for hydroxylation is 1. The Morgan fingerprint density at radius 2 is 2.13 bits per heavy atom. The van der Waals surface area contributed by atoms with E-state index in [-0.39, 0.29) is 0 Å². The van der Waals surface area contributed by atoms with Crippen molar-refractivity contribution < 1.29 is 0 Å². The molecule has 0 saturated carbocycles. The molecule has 0 atom stereocenters. The highest BCUT2D eigenvalue weighted by Gasteiger charge is 2.01. The molecule has 3 heteroatoms. The van der Waals surface area contributed by atoms with E-state index in [0.717, 1.165) is 29.0 Å². The van der Waals surface area contributed by atoms with E-state index in [4.69, 9.17) is 11.6 Å². The zero-order valence-corrected chi connectivity index (χ0v) is 11.6. The van der Waals surface area contributed by atoms with Crippen molar-refractivity contribution in [3.8, 4) is 0 Å². The van der Waals surface area contributed by atoms with Gasteiger partial charge >= 0.3 is 0 Å². The smallest absolute Gasteiger partial charge is 0.0435 e. The van der Waals surface area contributed by atoms with E-state index < -0.39 is 0 Å². The van der Waals surface area contributed by atoms with Crippen molar-refractivity contribution in [2.75, 3.05) is 18.9 Å². The van der Waals surface area contributed by atoms with E-state index in [1.807, 2.05) is 13.0 Å². The van der Waals surface area contributed by atoms with Crippen LogP contribution in [0.3, 0.4) is 0 Å². The maximum Gasteiger partial charge on any atom is 0.0435 e. The van der Waals surface area contributed by atoms with Crippen molar-refractivity contribution in [3.63, 3.8) is 0 Å². The molecule has 0 fully saturated rings. The van der Waals surface area contributed by atoms with Crippen molar-refractivity contribution in [2.24, 2.45) is 0 Å². The van der Waals surface area contributed by atoms with Gasteiger partial charge in [-0.25, -0.2) is 0 Å². The van der Waals surface area contributed by atoms with Crippen molar-refractivity contribution in [3.05, 3.63) is 34.3 Å². The van der Waals surface area contributed by atoms with Crippen LogP contribution >= 0.6 is 27.5 Å². The van der Waals surface area contributed by atoms with E-state index in [1.54, 1.807) is 0 Å². The van der Waals surface area contributed by atoms with Gasteiger partial charge in [-0.05, 0) is 44.1 Å². The number of hydrogen-bond donors (Lipinski definition) is 0. The fourth-order valence-electron chi connectivity index (χ4n) is 1.53. The highest BCUT2D eigenvalue weighted by Crippen LogP contribution is 2.17. The van der Waals surface area contributed by atoms with Crippen LogP contribution in [-0.2, 0) is 6.54 Å². The predicted molar refractivity (Wildman–Crippen MR) is 70.9 cm³/mol. The largest absolute Gasteiger partial charge is 0.302 e. The first kappa shape index (κ1) is 13.0. The highest BCUT2D eigenvalue weighted by molar-refractivity contribution is 9.09. The van der Waals surface area contributed by atoms with E-state index in [9.17, 15) is 0 Å². The minimum absolute atomic E-state index is 0.849. The highest BCUT2D eigenvalue weighted by atomic mass is 79.9. The van der Waals surface area contributed by atoms with Gasteiger partial charge in [0.2, 0.25) is 0 Å². The second-order valence-electron chi connectivity index (χ2n) is 3.86. The molecule has 0 amide bonds. The molecule has 1 aromatic rings. The molecular formula is C12H17BrClN. The van der Waals surface area contributed by atoms with Gasteiger partial charge in [0, 0.05) is 16.9 Å². The fourth-order valence-corrected chi connectivity index (χ4v) is 1.89. The van der Waals surface area contributed by atoms with Crippen molar-refractivity contribution >= 4 is 27.5 Å². The second kappa shape index (κ2) is 6.51. The summed E-state index contributed by atoms with van der Waals surface area (Å²) in [5.74, 6) is 0. The van der Waals surface area contributed by atoms with Crippen LogP contribution < -0.4 is 0 Å². The third-order valence-corrected chi connectivity index (χ3v) is 3.33. The molecule has 0 unspecified atom stereocenters. The van der Waals surface area contributed by atoms with E-state index in [2.05, 4.69) is 40.0 Å². The van der Waals surface area contributed by atoms with Gasteiger partial charge in [0.15, 0.2) is 0 Å². The van der Waals surface area contributed by atoms with Gasteiger partial charge in [-0.3, -0.25) is 0 Å². The van der Waals surface area contributed by atoms with E-state index in [1.165, 1.54) is 12.0 Å². The summed E-state index contributed by atoms with van der Waals surface area (Å²) in [6, 6.07) is 6.23. The third-order valence-electron chi connectivity index (χ3n) is 2.35. The molecule has 0 bridgehead atoms. The summed E-state index contributed by atoms with van der Waals surface area (Å²) in [4.78, 5) is 2.32. The van der Waals surface area contributed by atoms with Crippen molar-refractivity contribution in [2.45, 2.75) is 19.9 Å². The lowest BCUT2D eigenvalue weighted by Crippen LogP contribution is -2.19. The fraction of sp³-hybridized carbons (Fsp3) is 0.500. The summed E-state index contributed by atoms with van der Waals surface area (Å²) in [5.41, 5.74) is 2.48. The average Bonchev–Trinajstić information content (AvgIpc) is 2.20. The summed E-state index contributed by atoms with van der Waals surface area (Å²) in [6.07, 6.45) is 1.18. The summed E-state index contributed by atoms with van der Waals surface area (Å²) in [5, 5.41) is 1.92. The summed E-state index contributed by atoms with van der Waals surface area (Å²) >= 11 is 9.42. The Morgan fingerprint density at radius 1 is 1.40 bits per heavy atom. The molecule has 0 N–H and O–H groups in total. The number of alkyl halides is 1. The molecule has 0 radical (unpaired) electrons. The van der Waals surface area contributed by atoms with Crippen LogP contribution in [0.1, 0.15) is 17.5 Å². The van der Waals surface area contributed by atoms with Crippen LogP contribution in [0.25, 0.3) is 0 Å². The lowest BCUT2D eigenvalue weighted by Gasteiger charge is -2.16. The van der Waals surface area contributed by atoms with Crippen LogP contribution in [0.5, 0.6) is 0 Å². The number of halogens is 2. The van der Waals surface area contributed by atoms with Crippen LogP contribution in [0.15, 0.2) is 18.2 Å². The summed E-state index contributed by atoms with van der Waals surface area (Å²) < 4.78 is 0. The van der Waals surface area contributed by atoms with Gasteiger partial charge in [0.05, 0.1) is 0 Å². The topological polar surface area (TPSA) is 3.24 Å². The molecule has 0 heterocycles. The minimum atomic E-state index is 0.849. The monoisotopic (exact) mass is 289 g/mol. The van der Waals surface area contributed by atoms with Gasteiger partial charge in [-0.15, -0.1) is 0 Å². The molecule has 0 aromatic heterocycles. The van der Waals surface area contributed by atoms with Crippen LogP contribution in [0, 0.1) is 6.92 Å². The summed E-state index contributed by atoms with van der Waals surface area (Å²) in [7, 11) is 2.15.